The Kier molecular flexibility index (Phi) is 11.6. The normalized spacial score (nSPS) is 18.8. The summed E-state index contributed by atoms with van der Waals surface area (Å²) >= 11 is 0. The summed E-state index contributed by atoms with van der Waals surface area (Å²) in [5, 5.41) is 7.26. The first kappa shape index (κ1) is 25.3. The van der Waals surface area contributed by atoms with E-state index in [4.69, 9.17) is 10.5 Å². The number of nitrogens with two attached hydrogens (primary N) is 1. The zero-order chi connectivity index (χ0) is 16.2. The number of amidine groups is 1. The van der Waals surface area contributed by atoms with E-state index in [0.717, 1.165) is 36.9 Å². The van der Waals surface area contributed by atoms with E-state index in [9.17, 15) is 0 Å². The van der Waals surface area contributed by atoms with Crippen molar-refractivity contribution in [1.29, 1.82) is 0 Å². The first-order valence-electron chi connectivity index (χ1n) is 8.76. The maximum Gasteiger partial charge on any atom is 0.153 e. The predicted molar refractivity (Wildman–Crippen MR) is 116 cm³/mol. The summed E-state index contributed by atoms with van der Waals surface area (Å²) < 4.78 is 5.75. The van der Waals surface area contributed by atoms with Crippen LogP contribution >= 0.6 is 37.2 Å². The van der Waals surface area contributed by atoms with Crippen LogP contribution in [0.4, 0.5) is 5.69 Å². The Bertz CT molecular complexity index is 582. The predicted octanol–water partition coefficient (Wildman–Crippen LogP) is 3.94. The molecule has 1 aromatic carbocycles. The summed E-state index contributed by atoms with van der Waals surface area (Å²) in [6.45, 7) is 6.09. The number of ether oxygens (including phenoxy) is 1. The quantitative estimate of drug-likeness (QED) is 0.552. The Morgan fingerprint density at radius 2 is 1.96 bits per heavy atom. The molecule has 0 aromatic heterocycles. The van der Waals surface area contributed by atoms with Crippen molar-refractivity contribution < 1.29 is 4.74 Å². The number of fused-ring (bicyclic) bond motifs is 1. The van der Waals surface area contributed by atoms with Gasteiger partial charge >= 0.3 is 0 Å². The van der Waals surface area contributed by atoms with E-state index < -0.39 is 0 Å². The molecule has 1 aromatic rings. The molecule has 3 rings (SSSR count). The van der Waals surface area contributed by atoms with Gasteiger partial charge in [0.2, 0.25) is 0 Å². The van der Waals surface area contributed by atoms with E-state index in [1.54, 1.807) is 0 Å². The van der Waals surface area contributed by atoms with Crippen LogP contribution in [0.2, 0.25) is 0 Å². The molecule has 1 heterocycles. The molecule has 0 amide bonds. The highest BCUT2D eigenvalue weighted by atomic mass is 35.5. The van der Waals surface area contributed by atoms with Gasteiger partial charge in [-0.3, -0.25) is 5.32 Å². The Balaban J connectivity index is 0.00000208. The van der Waals surface area contributed by atoms with Gasteiger partial charge in [-0.2, -0.15) is 0 Å². The number of nitrogens with one attached hydrogen (secondary N) is 2. The minimum Gasteiger partial charge on any atom is -0.481 e. The number of aliphatic imine (C=N–C) groups is 1. The van der Waals surface area contributed by atoms with Gasteiger partial charge in [0.15, 0.2) is 6.10 Å². The minimum absolute atomic E-state index is 0. The molecule has 1 aliphatic carbocycles. The lowest BCUT2D eigenvalue weighted by Gasteiger charge is -2.22. The minimum atomic E-state index is -0.146. The molecule has 0 bridgehead atoms. The standard InChI is InChI=1S/C18H28N4O.3ClH/c1-3-4-17(20-10-13-5-6-13)21-11-14-7-8-16-15(9-14)22-18(19)12(2)23-16;;;/h7-9,12-13,17,20-21H,3-6,10-11H2,1-2H3,(H2,19,22);3*1H. The van der Waals surface area contributed by atoms with Crippen molar-refractivity contribution in [3.8, 4) is 5.75 Å². The fraction of sp³-hybridized carbons (Fsp3) is 0.611. The van der Waals surface area contributed by atoms with Crippen molar-refractivity contribution >= 4 is 48.7 Å². The molecule has 2 atom stereocenters. The average Bonchev–Trinajstić information content (AvgIpc) is 3.35. The van der Waals surface area contributed by atoms with Crippen LogP contribution in [-0.2, 0) is 6.54 Å². The van der Waals surface area contributed by atoms with Gasteiger partial charge in [-0.05, 0) is 56.3 Å². The molecular formula is C18H31Cl3N4O. The maximum absolute atomic E-state index is 5.88. The summed E-state index contributed by atoms with van der Waals surface area (Å²) in [6.07, 6.45) is 5.31. The molecule has 0 saturated heterocycles. The summed E-state index contributed by atoms with van der Waals surface area (Å²) in [5.74, 6) is 2.25. The number of halogens is 3. The number of benzene rings is 1. The van der Waals surface area contributed by atoms with Crippen LogP contribution < -0.4 is 21.1 Å². The molecular weight excluding hydrogens is 395 g/mol. The van der Waals surface area contributed by atoms with Crippen molar-refractivity contribution in [2.24, 2.45) is 16.6 Å². The highest BCUT2D eigenvalue weighted by Crippen LogP contribution is 2.32. The van der Waals surface area contributed by atoms with Gasteiger partial charge in [-0.15, -0.1) is 37.2 Å². The van der Waals surface area contributed by atoms with Gasteiger partial charge in [0.1, 0.15) is 17.3 Å². The van der Waals surface area contributed by atoms with Crippen LogP contribution in [0.15, 0.2) is 23.2 Å². The first-order chi connectivity index (χ1) is 11.2. The number of nitrogens with zero attached hydrogens (tertiary/aromatic N) is 1. The third kappa shape index (κ3) is 7.12. The number of hydrogen-bond donors (Lipinski definition) is 3. The molecule has 0 radical (unpaired) electrons. The Morgan fingerprint density at radius 1 is 1.23 bits per heavy atom. The summed E-state index contributed by atoms with van der Waals surface area (Å²) in [4.78, 5) is 4.44. The maximum atomic E-state index is 5.88. The van der Waals surface area contributed by atoms with Crippen LogP contribution in [-0.4, -0.2) is 24.7 Å². The van der Waals surface area contributed by atoms with E-state index in [2.05, 4.69) is 34.7 Å². The monoisotopic (exact) mass is 424 g/mol. The van der Waals surface area contributed by atoms with E-state index in [0.29, 0.717) is 12.0 Å². The van der Waals surface area contributed by atoms with Crippen molar-refractivity contribution in [2.45, 2.75) is 58.3 Å². The van der Waals surface area contributed by atoms with Crippen LogP contribution in [0.3, 0.4) is 0 Å². The second kappa shape index (κ2) is 11.9. The molecule has 1 fully saturated rings. The van der Waals surface area contributed by atoms with Crippen molar-refractivity contribution in [2.75, 3.05) is 6.54 Å². The zero-order valence-electron chi connectivity index (χ0n) is 15.4. The largest absolute Gasteiger partial charge is 0.481 e. The summed E-state index contributed by atoms with van der Waals surface area (Å²) in [7, 11) is 0. The number of rotatable bonds is 8. The van der Waals surface area contributed by atoms with Gasteiger partial charge < -0.3 is 15.8 Å². The molecule has 4 N–H and O–H groups in total. The third-order valence-corrected chi connectivity index (χ3v) is 4.47. The fourth-order valence-electron chi connectivity index (χ4n) is 2.78. The lowest BCUT2D eigenvalue weighted by atomic mass is 10.1. The smallest absolute Gasteiger partial charge is 0.153 e. The lowest BCUT2D eigenvalue weighted by molar-refractivity contribution is 0.281. The first-order valence-corrected chi connectivity index (χ1v) is 8.76. The molecule has 1 saturated carbocycles. The zero-order valence-corrected chi connectivity index (χ0v) is 17.8. The second-order valence-corrected chi connectivity index (χ2v) is 6.67. The molecule has 2 aliphatic rings. The van der Waals surface area contributed by atoms with Crippen molar-refractivity contribution in [3.05, 3.63) is 23.8 Å². The van der Waals surface area contributed by atoms with Gasteiger partial charge in [0.25, 0.3) is 0 Å². The molecule has 0 spiro atoms. The second-order valence-electron chi connectivity index (χ2n) is 6.67. The Morgan fingerprint density at radius 3 is 2.62 bits per heavy atom. The molecule has 2 unspecified atom stereocenters. The van der Waals surface area contributed by atoms with Gasteiger partial charge in [-0.1, -0.05) is 19.4 Å². The van der Waals surface area contributed by atoms with Gasteiger partial charge in [0, 0.05) is 6.54 Å². The molecule has 1 aliphatic heterocycles. The van der Waals surface area contributed by atoms with Crippen molar-refractivity contribution in [3.63, 3.8) is 0 Å². The van der Waals surface area contributed by atoms with E-state index in [1.807, 2.05) is 13.0 Å². The number of hydrogen-bond acceptors (Lipinski definition) is 5. The average molecular weight is 426 g/mol. The summed E-state index contributed by atoms with van der Waals surface area (Å²) in [5.41, 5.74) is 7.91. The molecule has 26 heavy (non-hydrogen) atoms. The highest BCUT2D eigenvalue weighted by Gasteiger charge is 2.22. The van der Waals surface area contributed by atoms with Crippen LogP contribution in [0.5, 0.6) is 5.75 Å². The molecule has 5 nitrogen and oxygen atoms in total. The fourth-order valence-corrected chi connectivity index (χ4v) is 2.78. The lowest BCUT2D eigenvalue weighted by Crippen LogP contribution is -2.42. The third-order valence-electron chi connectivity index (χ3n) is 4.47. The van der Waals surface area contributed by atoms with Crippen LogP contribution in [0.1, 0.15) is 45.1 Å². The van der Waals surface area contributed by atoms with Gasteiger partial charge in [-0.25, -0.2) is 4.99 Å². The van der Waals surface area contributed by atoms with Crippen molar-refractivity contribution in [1.82, 2.24) is 10.6 Å². The van der Waals surface area contributed by atoms with Crippen LogP contribution in [0.25, 0.3) is 0 Å². The highest BCUT2D eigenvalue weighted by molar-refractivity contribution is 5.89. The van der Waals surface area contributed by atoms with E-state index in [1.165, 1.54) is 24.8 Å². The molecule has 8 heteroatoms. The van der Waals surface area contributed by atoms with Crippen LogP contribution in [0, 0.1) is 5.92 Å². The Hall–Kier alpha value is -0.720. The van der Waals surface area contributed by atoms with E-state index in [-0.39, 0.29) is 43.3 Å². The summed E-state index contributed by atoms with van der Waals surface area (Å²) in [6, 6.07) is 6.15. The Labute approximate surface area is 175 Å². The SMILES string of the molecule is CCCC(NCc1ccc2c(c1)N=C(N)C(C)O2)NCC1CC1.Cl.Cl.Cl. The van der Waals surface area contributed by atoms with Gasteiger partial charge in [0.05, 0.1) is 6.17 Å². The topological polar surface area (TPSA) is 71.7 Å². The molecule has 150 valence electrons. The van der Waals surface area contributed by atoms with E-state index >= 15 is 0 Å².